The van der Waals surface area contributed by atoms with Gasteiger partial charge in [-0.15, -0.1) is 0 Å². The average molecular weight is 274 g/mol. The van der Waals surface area contributed by atoms with Gasteiger partial charge in [0, 0.05) is 12.1 Å². The molecule has 0 radical (unpaired) electrons. The fourth-order valence-electron chi connectivity index (χ4n) is 2.06. The summed E-state index contributed by atoms with van der Waals surface area (Å²) in [6, 6.07) is 5.98. The van der Waals surface area contributed by atoms with E-state index in [2.05, 4.69) is 5.32 Å². The third-order valence-electron chi connectivity index (χ3n) is 3.04. The number of ether oxygens (including phenoxy) is 1. The minimum absolute atomic E-state index is 0.542. The third-order valence-corrected chi connectivity index (χ3v) is 3.78. The number of benzene rings is 1. The predicted molar refractivity (Wildman–Crippen MR) is 72.2 cm³/mol. The van der Waals surface area contributed by atoms with E-state index in [-0.39, 0.29) is 0 Å². The highest BCUT2D eigenvalue weighted by Crippen LogP contribution is 2.26. The van der Waals surface area contributed by atoms with E-state index in [0.717, 1.165) is 25.3 Å². The Kier molecular flexibility index (Phi) is 4.96. The van der Waals surface area contributed by atoms with E-state index in [1.54, 1.807) is 12.1 Å². The fraction of sp³-hybridized carbons (Fsp3) is 0.538. The van der Waals surface area contributed by atoms with Crippen LogP contribution in [0.3, 0.4) is 0 Å². The largest absolute Gasteiger partial charge is 0.493 e. The van der Waals surface area contributed by atoms with Crippen molar-refractivity contribution in [3.63, 3.8) is 0 Å². The van der Waals surface area contributed by atoms with Crippen molar-refractivity contribution in [3.05, 3.63) is 28.2 Å². The summed E-state index contributed by atoms with van der Waals surface area (Å²) >= 11 is 11.8. The van der Waals surface area contributed by atoms with Gasteiger partial charge in [-0.25, -0.2) is 0 Å². The van der Waals surface area contributed by atoms with Gasteiger partial charge >= 0.3 is 0 Å². The van der Waals surface area contributed by atoms with Crippen LogP contribution in [0, 0.1) is 0 Å². The molecule has 17 heavy (non-hydrogen) atoms. The smallest absolute Gasteiger partial charge is 0.120 e. The molecule has 2 rings (SSSR count). The molecule has 4 heteroatoms. The summed E-state index contributed by atoms with van der Waals surface area (Å²) in [6.45, 7) is 1.85. The molecule has 1 saturated heterocycles. The van der Waals surface area contributed by atoms with Crippen molar-refractivity contribution in [1.82, 2.24) is 5.32 Å². The minimum atomic E-state index is 0.542. The maximum Gasteiger partial charge on any atom is 0.120 e. The van der Waals surface area contributed by atoms with Gasteiger partial charge in [-0.2, -0.15) is 0 Å². The maximum atomic E-state index is 5.92. The van der Waals surface area contributed by atoms with Crippen LogP contribution in [0.5, 0.6) is 5.75 Å². The summed E-state index contributed by atoms with van der Waals surface area (Å²) in [5.41, 5.74) is 0. The molecule has 0 spiro atoms. The first-order valence-corrected chi connectivity index (χ1v) is 6.82. The maximum absolute atomic E-state index is 5.92. The van der Waals surface area contributed by atoms with Crippen LogP contribution in [-0.4, -0.2) is 19.2 Å². The van der Waals surface area contributed by atoms with Crippen LogP contribution in [-0.2, 0) is 0 Å². The van der Waals surface area contributed by atoms with Crippen molar-refractivity contribution in [3.8, 4) is 5.75 Å². The molecule has 0 saturated carbocycles. The Balaban J connectivity index is 1.75. The van der Waals surface area contributed by atoms with Gasteiger partial charge in [-0.1, -0.05) is 29.6 Å². The van der Waals surface area contributed by atoms with Crippen molar-refractivity contribution in [2.24, 2.45) is 0 Å². The van der Waals surface area contributed by atoms with E-state index in [9.17, 15) is 0 Å². The van der Waals surface area contributed by atoms with Crippen molar-refractivity contribution >= 4 is 23.2 Å². The number of piperidine rings is 1. The van der Waals surface area contributed by atoms with Crippen molar-refractivity contribution < 1.29 is 4.74 Å². The second kappa shape index (κ2) is 6.48. The molecule has 1 heterocycles. The molecule has 0 amide bonds. The highest BCUT2D eigenvalue weighted by Gasteiger charge is 2.12. The molecule has 0 bridgehead atoms. The zero-order valence-electron chi connectivity index (χ0n) is 9.72. The number of halogens is 2. The Hall–Kier alpha value is -0.440. The van der Waals surface area contributed by atoms with E-state index < -0.39 is 0 Å². The van der Waals surface area contributed by atoms with Gasteiger partial charge in [0.15, 0.2) is 0 Å². The van der Waals surface area contributed by atoms with Gasteiger partial charge in [0.25, 0.3) is 0 Å². The lowest BCUT2D eigenvalue weighted by atomic mass is 10.0. The normalized spacial score (nSPS) is 20.2. The third kappa shape index (κ3) is 4.06. The summed E-state index contributed by atoms with van der Waals surface area (Å²) in [6.07, 6.45) is 4.92. The zero-order valence-corrected chi connectivity index (χ0v) is 11.2. The summed E-state index contributed by atoms with van der Waals surface area (Å²) < 4.78 is 5.66. The molecule has 1 fully saturated rings. The molecule has 2 nitrogen and oxygen atoms in total. The lowest BCUT2D eigenvalue weighted by molar-refractivity contribution is 0.268. The Morgan fingerprint density at radius 3 is 2.82 bits per heavy atom. The SMILES string of the molecule is Clc1ccc(OCC[C@@H]2CCCCN2)cc1Cl. The lowest BCUT2D eigenvalue weighted by Crippen LogP contribution is -2.35. The van der Waals surface area contributed by atoms with E-state index >= 15 is 0 Å². The number of nitrogens with one attached hydrogen (secondary N) is 1. The monoisotopic (exact) mass is 273 g/mol. The van der Waals surface area contributed by atoms with Crippen LogP contribution >= 0.6 is 23.2 Å². The summed E-state index contributed by atoms with van der Waals surface area (Å²) in [5, 5.41) is 4.60. The molecule has 0 aliphatic carbocycles. The van der Waals surface area contributed by atoms with Crippen LogP contribution in [0.25, 0.3) is 0 Å². The van der Waals surface area contributed by atoms with Crippen LogP contribution in [0.4, 0.5) is 0 Å². The van der Waals surface area contributed by atoms with Crippen molar-refractivity contribution in [2.75, 3.05) is 13.2 Å². The summed E-state index contributed by atoms with van der Waals surface area (Å²) in [4.78, 5) is 0. The minimum Gasteiger partial charge on any atom is -0.493 e. The topological polar surface area (TPSA) is 21.3 Å². The molecule has 94 valence electrons. The van der Waals surface area contributed by atoms with Crippen LogP contribution in [0.1, 0.15) is 25.7 Å². The summed E-state index contributed by atoms with van der Waals surface area (Å²) in [7, 11) is 0. The quantitative estimate of drug-likeness (QED) is 0.899. The molecule has 0 aromatic heterocycles. The molecule has 0 unspecified atom stereocenters. The first kappa shape index (κ1) is 13.0. The fourth-order valence-corrected chi connectivity index (χ4v) is 2.34. The predicted octanol–water partition coefficient (Wildman–Crippen LogP) is 3.90. The number of hydrogen-bond acceptors (Lipinski definition) is 2. The van der Waals surface area contributed by atoms with Gasteiger partial charge < -0.3 is 10.1 Å². The van der Waals surface area contributed by atoms with E-state index in [0.29, 0.717) is 16.1 Å². The summed E-state index contributed by atoms with van der Waals surface area (Å²) in [5.74, 6) is 0.787. The van der Waals surface area contributed by atoms with Crippen molar-refractivity contribution in [1.29, 1.82) is 0 Å². The highest BCUT2D eigenvalue weighted by atomic mass is 35.5. The molecular weight excluding hydrogens is 257 g/mol. The Labute approximate surface area is 112 Å². The van der Waals surface area contributed by atoms with Gasteiger partial charge in [0.1, 0.15) is 5.75 Å². The number of rotatable bonds is 4. The van der Waals surface area contributed by atoms with Crippen molar-refractivity contribution in [2.45, 2.75) is 31.7 Å². The Bertz CT molecular complexity index is 364. The molecule has 1 aliphatic rings. The van der Waals surface area contributed by atoms with Crippen LogP contribution in [0.15, 0.2) is 18.2 Å². The standard InChI is InChI=1S/C13H17Cl2NO/c14-12-5-4-11(9-13(12)15)17-8-6-10-3-1-2-7-16-10/h4-5,9-10,16H,1-3,6-8H2/t10-/m0/s1. The van der Waals surface area contributed by atoms with Crippen LogP contribution in [0.2, 0.25) is 10.0 Å². The van der Waals surface area contributed by atoms with Gasteiger partial charge in [0.2, 0.25) is 0 Å². The molecule has 1 atom stereocenters. The number of hydrogen-bond donors (Lipinski definition) is 1. The molecule has 1 aromatic rings. The first-order chi connectivity index (χ1) is 8.25. The Morgan fingerprint density at radius 1 is 1.24 bits per heavy atom. The molecule has 1 aromatic carbocycles. The van der Waals surface area contributed by atoms with E-state index in [4.69, 9.17) is 27.9 Å². The zero-order chi connectivity index (χ0) is 12.1. The highest BCUT2D eigenvalue weighted by molar-refractivity contribution is 6.42. The van der Waals surface area contributed by atoms with E-state index in [1.165, 1.54) is 19.3 Å². The van der Waals surface area contributed by atoms with Crippen LogP contribution < -0.4 is 10.1 Å². The van der Waals surface area contributed by atoms with Gasteiger partial charge in [-0.3, -0.25) is 0 Å². The second-order valence-corrected chi connectivity index (χ2v) is 5.17. The molecular formula is C13H17Cl2NO. The van der Waals surface area contributed by atoms with Gasteiger partial charge in [0.05, 0.1) is 16.7 Å². The molecule has 1 N–H and O–H groups in total. The average Bonchev–Trinajstić information content (AvgIpc) is 2.35. The molecule has 1 aliphatic heterocycles. The Morgan fingerprint density at radius 2 is 2.12 bits per heavy atom. The van der Waals surface area contributed by atoms with Gasteiger partial charge in [-0.05, 0) is 37.9 Å². The van der Waals surface area contributed by atoms with E-state index in [1.807, 2.05) is 6.07 Å². The second-order valence-electron chi connectivity index (χ2n) is 4.36. The lowest BCUT2D eigenvalue weighted by Gasteiger charge is -2.23. The first-order valence-electron chi connectivity index (χ1n) is 6.07.